The third kappa shape index (κ3) is 3.88. The van der Waals surface area contributed by atoms with Crippen LogP contribution >= 0.6 is 0 Å². The van der Waals surface area contributed by atoms with Crippen molar-refractivity contribution in [3.05, 3.63) is 29.8 Å². The molecule has 110 valence electrons. The Morgan fingerprint density at radius 2 is 1.65 bits per heavy atom. The maximum absolute atomic E-state index is 12.1. The monoisotopic (exact) mass is 298 g/mol. The number of amides is 1. The van der Waals surface area contributed by atoms with Crippen LogP contribution in [0.1, 0.15) is 24.2 Å². The molecule has 0 aliphatic rings. The molecular weight excluding hydrogens is 280 g/mol. The van der Waals surface area contributed by atoms with Gasteiger partial charge in [0.1, 0.15) is 0 Å². The van der Waals surface area contributed by atoms with Gasteiger partial charge in [-0.25, -0.2) is 8.42 Å². The number of benzene rings is 1. The van der Waals surface area contributed by atoms with Gasteiger partial charge in [-0.1, -0.05) is 12.1 Å². The van der Waals surface area contributed by atoms with Crippen molar-refractivity contribution in [2.45, 2.75) is 24.8 Å². The molecule has 0 heterocycles. The highest BCUT2D eigenvalue weighted by atomic mass is 32.2. The molecule has 6 nitrogen and oxygen atoms in total. The number of nitrogens with zero attached hydrogens (tertiary/aromatic N) is 1. The minimum absolute atomic E-state index is 0.0147. The lowest BCUT2D eigenvalue weighted by Crippen LogP contribution is -2.44. The van der Waals surface area contributed by atoms with Crippen LogP contribution in [-0.2, 0) is 14.8 Å². The second-order valence-electron chi connectivity index (χ2n) is 4.66. The fourth-order valence-corrected chi connectivity index (χ4v) is 2.80. The van der Waals surface area contributed by atoms with E-state index in [-0.39, 0.29) is 16.6 Å². The van der Waals surface area contributed by atoms with Crippen LogP contribution < -0.4 is 4.72 Å². The normalized spacial score (nSPS) is 12.8. The van der Waals surface area contributed by atoms with Crippen LogP contribution in [0.25, 0.3) is 0 Å². The molecule has 0 saturated carbocycles. The highest BCUT2D eigenvalue weighted by molar-refractivity contribution is 7.89. The lowest BCUT2D eigenvalue weighted by Gasteiger charge is -2.18. The van der Waals surface area contributed by atoms with Gasteiger partial charge in [-0.05, 0) is 26.0 Å². The predicted octanol–water partition coefficient (Wildman–Crippen LogP) is 0.644. The standard InChI is InChI=1S/C13H18N2O4S/c1-9(13(17)15(3)4)14-20(18,19)12-7-5-11(6-8-12)10(2)16/h5-9,14H,1-4H3. The fourth-order valence-electron chi connectivity index (χ4n) is 1.61. The van der Waals surface area contributed by atoms with Gasteiger partial charge in [-0.15, -0.1) is 0 Å². The molecule has 1 unspecified atom stereocenters. The van der Waals surface area contributed by atoms with Crippen molar-refractivity contribution in [3.8, 4) is 0 Å². The number of nitrogens with one attached hydrogen (secondary N) is 1. The lowest BCUT2D eigenvalue weighted by molar-refractivity contribution is -0.130. The Morgan fingerprint density at radius 1 is 1.15 bits per heavy atom. The zero-order chi connectivity index (χ0) is 15.5. The van der Waals surface area contributed by atoms with Crippen LogP contribution in [0.5, 0.6) is 0 Å². The Morgan fingerprint density at radius 3 is 2.05 bits per heavy atom. The summed E-state index contributed by atoms with van der Waals surface area (Å²) in [5, 5.41) is 0. The number of likely N-dealkylation sites (N-methyl/N-ethyl adjacent to an activating group) is 1. The van der Waals surface area contributed by atoms with E-state index in [4.69, 9.17) is 0 Å². The summed E-state index contributed by atoms with van der Waals surface area (Å²) in [5.74, 6) is -0.480. The third-order valence-electron chi connectivity index (χ3n) is 2.71. The Balaban J connectivity index is 2.94. The second kappa shape index (κ2) is 6.15. The Kier molecular flexibility index (Phi) is 5.02. The second-order valence-corrected chi connectivity index (χ2v) is 6.37. The quantitative estimate of drug-likeness (QED) is 0.809. The van der Waals surface area contributed by atoms with Gasteiger partial charge in [0.15, 0.2) is 5.78 Å². The highest BCUT2D eigenvalue weighted by Crippen LogP contribution is 2.11. The maximum Gasteiger partial charge on any atom is 0.241 e. The molecule has 0 aromatic heterocycles. The summed E-state index contributed by atoms with van der Waals surface area (Å²) in [5.41, 5.74) is 0.432. The molecule has 0 bridgehead atoms. The molecule has 0 aliphatic carbocycles. The van der Waals surface area contributed by atoms with Gasteiger partial charge < -0.3 is 4.90 Å². The van der Waals surface area contributed by atoms with E-state index in [1.54, 1.807) is 14.1 Å². The summed E-state index contributed by atoms with van der Waals surface area (Å²) in [7, 11) is -0.689. The molecule has 0 saturated heterocycles. The van der Waals surface area contributed by atoms with Crippen molar-refractivity contribution in [3.63, 3.8) is 0 Å². The van der Waals surface area contributed by atoms with E-state index in [1.807, 2.05) is 0 Å². The van der Waals surface area contributed by atoms with Gasteiger partial charge in [-0.2, -0.15) is 4.72 Å². The van der Waals surface area contributed by atoms with Crippen molar-refractivity contribution in [2.75, 3.05) is 14.1 Å². The fraction of sp³-hybridized carbons (Fsp3) is 0.385. The number of hydrogen-bond acceptors (Lipinski definition) is 4. The molecule has 20 heavy (non-hydrogen) atoms. The van der Waals surface area contributed by atoms with Crippen LogP contribution in [0, 0.1) is 0 Å². The summed E-state index contributed by atoms with van der Waals surface area (Å²) >= 11 is 0. The van der Waals surface area contributed by atoms with Crippen molar-refractivity contribution in [1.82, 2.24) is 9.62 Å². The first-order valence-electron chi connectivity index (χ1n) is 5.99. The number of hydrogen-bond donors (Lipinski definition) is 1. The molecule has 0 radical (unpaired) electrons. The van der Waals surface area contributed by atoms with Crippen LogP contribution in [-0.4, -0.2) is 45.1 Å². The average Bonchev–Trinajstić information content (AvgIpc) is 2.37. The van der Waals surface area contributed by atoms with E-state index < -0.39 is 16.1 Å². The van der Waals surface area contributed by atoms with Crippen molar-refractivity contribution < 1.29 is 18.0 Å². The molecule has 1 amide bonds. The molecule has 1 N–H and O–H groups in total. The molecule has 0 fully saturated rings. The van der Waals surface area contributed by atoms with Crippen LogP contribution in [0.4, 0.5) is 0 Å². The number of Topliss-reactive ketones (excluding diaryl/α,β-unsaturated/α-hetero) is 1. The Labute approximate surface area is 118 Å². The minimum atomic E-state index is -3.79. The number of rotatable bonds is 5. The lowest BCUT2D eigenvalue weighted by atomic mass is 10.2. The third-order valence-corrected chi connectivity index (χ3v) is 4.27. The highest BCUT2D eigenvalue weighted by Gasteiger charge is 2.23. The first kappa shape index (κ1) is 16.3. The molecule has 7 heteroatoms. The number of ketones is 1. The van der Waals surface area contributed by atoms with Gasteiger partial charge in [0.05, 0.1) is 10.9 Å². The Bertz CT molecular complexity index is 606. The van der Waals surface area contributed by atoms with E-state index >= 15 is 0 Å². The first-order valence-corrected chi connectivity index (χ1v) is 7.48. The number of carbonyl (C=O) groups is 2. The molecule has 1 aromatic carbocycles. The zero-order valence-electron chi connectivity index (χ0n) is 11.9. The van der Waals surface area contributed by atoms with Crippen molar-refractivity contribution in [2.24, 2.45) is 0 Å². The maximum atomic E-state index is 12.1. The minimum Gasteiger partial charge on any atom is -0.347 e. The van der Waals surface area contributed by atoms with Gasteiger partial charge in [0.2, 0.25) is 15.9 Å². The van der Waals surface area contributed by atoms with Crippen LogP contribution in [0.2, 0.25) is 0 Å². The van der Waals surface area contributed by atoms with Gasteiger partial charge in [0, 0.05) is 19.7 Å². The smallest absolute Gasteiger partial charge is 0.241 e. The molecule has 1 rings (SSSR count). The van der Waals surface area contributed by atoms with E-state index in [2.05, 4.69) is 4.72 Å². The van der Waals surface area contributed by atoms with Crippen LogP contribution in [0.3, 0.4) is 0 Å². The average molecular weight is 298 g/mol. The summed E-state index contributed by atoms with van der Waals surface area (Å²) < 4.78 is 26.5. The molecule has 0 spiro atoms. The van der Waals surface area contributed by atoms with Gasteiger partial charge in [0.25, 0.3) is 0 Å². The molecule has 1 atom stereocenters. The van der Waals surface area contributed by atoms with E-state index in [0.717, 1.165) is 0 Å². The summed E-state index contributed by atoms with van der Waals surface area (Å²) in [6.07, 6.45) is 0. The topological polar surface area (TPSA) is 83.5 Å². The summed E-state index contributed by atoms with van der Waals surface area (Å²) in [6.45, 7) is 2.88. The van der Waals surface area contributed by atoms with Gasteiger partial charge in [-0.3, -0.25) is 9.59 Å². The van der Waals surface area contributed by atoms with E-state index in [1.165, 1.54) is 43.0 Å². The first-order chi connectivity index (χ1) is 9.15. The van der Waals surface area contributed by atoms with Crippen molar-refractivity contribution >= 4 is 21.7 Å². The molecule has 1 aromatic rings. The molecule has 0 aliphatic heterocycles. The molecular formula is C13H18N2O4S. The van der Waals surface area contributed by atoms with E-state index in [9.17, 15) is 18.0 Å². The zero-order valence-corrected chi connectivity index (χ0v) is 12.7. The SMILES string of the molecule is CC(=O)c1ccc(S(=O)(=O)NC(C)C(=O)N(C)C)cc1. The van der Waals surface area contributed by atoms with Crippen molar-refractivity contribution in [1.29, 1.82) is 0 Å². The largest absolute Gasteiger partial charge is 0.347 e. The number of sulfonamides is 1. The summed E-state index contributed by atoms with van der Waals surface area (Å²) in [4.78, 5) is 24.1. The summed E-state index contributed by atoms with van der Waals surface area (Å²) in [6, 6.07) is 4.70. The predicted molar refractivity (Wildman–Crippen MR) is 74.9 cm³/mol. The number of carbonyl (C=O) groups excluding carboxylic acids is 2. The Hall–Kier alpha value is -1.73. The van der Waals surface area contributed by atoms with E-state index in [0.29, 0.717) is 5.56 Å². The van der Waals surface area contributed by atoms with Crippen LogP contribution in [0.15, 0.2) is 29.2 Å². The van der Waals surface area contributed by atoms with Gasteiger partial charge >= 0.3 is 0 Å².